The lowest BCUT2D eigenvalue weighted by molar-refractivity contribution is 0.329. The van der Waals surface area contributed by atoms with E-state index in [2.05, 4.69) is 30.1 Å². The van der Waals surface area contributed by atoms with Crippen LogP contribution in [0.5, 0.6) is 5.75 Å². The fourth-order valence-electron chi connectivity index (χ4n) is 2.53. The minimum Gasteiger partial charge on any atom is -0.493 e. The number of likely N-dealkylation sites (N-methyl/N-ethyl adjacent to an activating group) is 1. The summed E-state index contributed by atoms with van der Waals surface area (Å²) >= 11 is 0. The highest BCUT2D eigenvalue weighted by molar-refractivity contribution is 5.39. The van der Waals surface area contributed by atoms with E-state index in [9.17, 15) is 0 Å². The van der Waals surface area contributed by atoms with Crippen LogP contribution in [0.2, 0.25) is 0 Å². The van der Waals surface area contributed by atoms with Crippen molar-refractivity contribution in [3.63, 3.8) is 0 Å². The van der Waals surface area contributed by atoms with Crippen LogP contribution in [0.25, 0.3) is 0 Å². The second-order valence-electron chi connectivity index (χ2n) is 5.44. The first-order chi connectivity index (χ1) is 9.29. The molecule has 1 aromatic carbocycles. The second kappa shape index (κ2) is 7.51. The molecule has 0 fully saturated rings. The summed E-state index contributed by atoms with van der Waals surface area (Å²) in [6.07, 6.45) is 5.85. The van der Waals surface area contributed by atoms with Crippen molar-refractivity contribution in [1.82, 2.24) is 4.90 Å². The van der Waals surface area contributed by atoms with Crippen molar-refractivity contribution in [1.29, 1.82) is 0 Å². The van der Waals surface area contributed by atoms with Gasteiger partial charge in [0, 0.05) is 13.0 Å². The molecule has 0 atom stereocenters. The topological polar surface area (TPSA) is 38.5 Å². The largest absolute Gasteiger partial charge is 0.493 e. The lowest BCUT2D eigenvalue weighted by Crippen LogP contribution is -2.22. The van der Waals surface area contributed by atoms with Gasteiger partial charge in [-0.05, 0) is 56.6 Å². The van der Waals surface area contributed by atoms with E-state index in [1.54, 1.807) is 0 Å². The molecule has 106 valence electrons. The van der Waals surface area contributed by atoms with Crippen LogP contribution in [-0.2, 0) is 12.8 Å². The Labute approximate surface area is 116 Å². The molecular formula is C16H26N2O. The third kappa shape index (κ3) is 4.51. The highest BCUT2D eigenvalue weighted by Crippen LogP contribution is 2.25. The lowest BCUT2D eigenvalue weighted by Gasteiger charge is -2.16. The Morgan fingerprint density at radius 1 is 1.21 bits per heavy atom. The molecule has 0 saturated carbocycles. The minimum atomic E-state index is 0.820. The number of rotatable bonds is 8. The number of hydrogen-bond donors (Lipinski definition) is 1. The van der Waals surface area contributed by atoms with Crippen LogP contribution in [0.1, 0.15) is 30.4 Å². The summed E-state index contributed by atoms with van der Waals surface area (Å²) in [5.41, 5.74) is 8.31. The Balaban J connectivity index is 1.70. The van der Waals surface area contributed by atoms with Crippen LogP contribution in [0.3, 0.4) is 0 Å². The first kappa shape index (κ1) is 14.4. The zero-order valence-corrected chi connectivity index (χ0v) is 12.0. The lowest BCUT2D eigenvalue weighted by atomic mass is 10.1. The number of unbranched alkanes of at least 4 members (excludes halogenated alkanes) is 2. The van der Waals surface area contributed by atoms with Gasteiger partial charge in [-0.3, -0.25) is 0 Å². The van der Waals surface area contributed by atoms with Crippen LogP contribution in [-0.4, -0.2) is 38.2 Å². The monoisotopic (exact) mass is 262 g/mol. The summed E-state index contributed by atoms with van der Waals surface area (Å²) in [6, 6.07) is 6.63. The molecule has 0 bridgehead atoms. The van der Waals surface area contributed by atoms with Crippen molar-refractivity contribution >= 4 is 0 Å². The second-order valence-corrected chi connectivity index (χ2v) is 5.44. The van der Waals surface area contributed by atoms with Gasteiger partial charge in [0.25, 0.3) is 0 Å². The molecule has 1 aliphatic rings. The van der Waals surface area contributed by atoms with Crippen molar-refractivity contribution in [2.24, 2.45) is 5.73 Å². The maximum absolute atomic E-state index is 5.53. The first-order valence-corrected chi connectivity index (χ1v) is 7.43. The maximum Gasteiger partial charge on any atom is 0.122 e. The van der Waals surface area contributed by atoms with E-state index in [4.69, 9.17) is 10.5 Å². The van der Waals surface area contributed by atoms with Crippen molar-refractivity contribution in [2.45, 2.75) is 32.1 Å². The van der Waals surface area contributed by atoms with E-state index < -0.39 is 0 Å². The molecule has 0 saturated heterocycles. The maximum atomic E-state index is 5.53. The average Bonchev–Trinajstić information content (AvgIpc) is 2.89. The van der Waals surface area contributed by atoms with Crippen LogP contribution in [0, 0.1) is 0 Å². The summed E-state index contributed by atoms with van der Waals surface area (Å²) < 4.78 is 5.53. The molecule has 1 heterocycles. The van der Waals surface area contributed by atoms with E-state index >= 15 is 0 Å². The van der Waals surface area contributed by atoms with Gasteiger partial charge in [0.15, 0.2) is 0 Å². The molecular weight excluding hydrogens is 236 g/mol. The molecule has 3 heteroatoms. The molecule has 0 spiro atoms. The summed E-state index contributed by atoms with van der Waals surface area (Å²) in [5.74, 6) is 1.08. The zero-order chi connectivity index (χ0) is 13.5. The Morgan fingerprint density at radius 2 is 2.11 bits per heavy atom. The van der Waals surface area contributed by atoms with E-state index in [-0.39, 0.29) is 0 Å². The smallest absolute Gasteiger partial charge is 0.122 e. The van der Waals surface area contributed by atoms with Gasteiger partial charge in [0.2, 0.25) is 0 Å². The SMILES string of the molecule is CN(CCCCCN)CCc1ccc2c(c1)CCO2. The van der Waals surface area contributed by atoms with Crippen molar-refractivity contribution in [3.8, 4) is 5.75 Å². The van der Waals surface area contributed by atoms with Gasteiger partial charge in [-0.1, -0.05) is 18.6 Å². The van der Waals surface area contributed by atoms with Gasteiger partial charge in [0.1, 0.15) is 5.75 Å². The number of nitrogens with two attached hydrogens (primary N) is 1. The number of benzene rings is 1. The molecule has 3 nitrogen and oxygen atoms in total. The van der Waals surface area contributed by atoms with Gasteiger partial charge in [-0.25, -0.2) is 0 Å². The van der Waals surface area contributed by atoms with Gasteiger partial charge < -0.3 is 15.4 Å². The Kier molecular flexibility index (Phi) is 5.67. The molecule has 19 heavy (non-hydrogen) atoms. The van der Waals surface area contributed by atoms with Crippen LogP contribution < -0.4 is 10.5 Å². The first-order valence-electron chi connectivity index (χ1n) is 7.43. The van der Waals surface area contributed by atoms with Gasteiger partial charge in [0.05, 0.1) is 6.61 Å². The van der Waals surface area contributed by atoms with Crippen molar-refractivity contribution in [2.75, 3.05) is 33.3 Å². The number of ether oxygens (including phenoxy) is 1. The molecule has 2 rings (SSSR count). The fourth-order valence-corrected chi connectivity index (χ4v) is 2.53. The Hall–Kier alpha value is -1.06. The van der Waals surface area contributed by atoms with Gasteiger partial charge in [-0.15, -0.1) is 0 Å². The number of fused-ring (bicyclic) bond motifs is 1. The summed E-state index contributed by atoms with van der Waals surface area (Å²) in [7, 11) is 2.21. The van der Waals surface area contributed by atoms with E-state index in [1.165, 1.54) is 30.5 Å². The van der Waals surface area contributed by atoms with E-state index in [0.29, 0.717) is 0 Å². The van der Waals surface area contributed by atoms with E-state index in [1.807, 2.05) is 0 Å². The minimum absolute atomic E-state index is 0.820. The van der Waals surface area contributed by atoms with E-state index in [0.717, 1.165) is 44.7 Å². The van der Waals surface area contributed by atoms with Crippen molar-refractivity contribution in [3.05, 3.63) is 29.3 Å². The molecule has 0 radical (unpaired) electrons. The molecule has 1 aromatic rings. The van der Waals surface area contributed by atoms with Gasteiger partial charge in [-0.2, -0.15) is 0 Å². The summed E-state index contributed by atoms with van der Waals surface area (Å²) in [5, 5.41) is 0. The quantitative estimate of drug-likeness (QED) is 0.730. The van der Waals surface area contributed by atoms with Crippen molar-refractivity contribution < 1.29 is 4.74 Å². The normalized spacial score (nSPS) is 13.6. The highest BCUT2D eigenvalue weighted by atomic mass is 16.5. The Morgan fingerprint density at radius 3 is 2.95 bits per heavy atom. The summed E-state index contributed by atoms with van der Waals surface area (Å²) in [6.45, 7) is 3.97. The molecule has 0 amide bonds. The van der Waals surface area contributed by atoms with Crippen LogP contribution in [0.4, 0.5) is 0 Å². The molecule has 1 aliphatic heterocycles. The molecule has 2 N–H and O–H groups in total. The molecule has 0 unspecified atom stereocenters. The standard InChI is InChI=1S/C16H26N2O/c1-18(10-4-2-3-9-17)11-7-14-5-6-16-15(13-14)8-12-19-16/h5-6,13H,2-4,7-12,17H2,1H3. The predicted octanol–water partition coefficient (Wildman–Crippen LogP) is 2.22. The molecule has 0 aliphatic carbocycles. The third-order valence-corrected chi connectivity index (χ3v) is 3.78. The van der Waals surface area contributed by atoms with Gasteiger partial charge >= 0.3 is 0 Å². The average molecular weight is 262 g/mol. The van der Waals surface area contributed by atoms with Crippen LogP contribution >= 0.6 is 0 Å². The molecule has 0 aromatic heterocycles. The zero-order valence-electron chi connectivity index (χ0n) is 12.0. The number of hydrogen-bond acceptors (Lipinski definition) is 3. The Bertz CT molecular complexity index is 392. The number of nitrogens with zero attached hydrogens (tertiary/aromatic N) is 1. The highest BCUT2D eigenvalue weighted by Gasteiger charge is 2.11. The summed E-state index contributed by atoms with van der Waals surface area (Å²) in [4.78, 5) is 2.42. The third-order valence-electron chi connectivity index (χ3n) is 3.78. The van der Waals surface area contributed by atoms with Crippen LogP contribution in [0.15, 0.2) is 18.2 Å². The predicted molar refractivity (Wildman–Crippen MR) is 79.7 cm³/mol. The fraction of sp³-hybridized carbons (Fsp3) is 0.625.